The van der Waals surface area contributed by atoms with Crippen LogP contribution in [-0.4, -0.2) is 80.4 Å². The number of aliphatic imine (C=N–C) groups is 1. The lowest BCUT2D eigenvalue weighted by Crippen LogP contribution is -2.71. The van der Waals surface area contributed by atoms with Crippen molar-refractivity contribution >= 4 is 29.6 Å². The fourth-order valence-corrected chi connectivity index (χ4v) is 15.8. The van der Waals surface area contributed by atoms with Crippen LogP contribution in [0.2, 0.25) is 0 Å². The Bertz CT molecular complexity index is 2400. The average molecular weight is 843 g/mol. The topological polar surface area (TPSA) is 209 Å². The third kappa shape index (κ3) is 5.21. The summed E-state index contributed by atoms with van der Waals surface area (Å²) in [5.41, 5.74) is 5.35. The molecule has 8 aliphatic rings. The zero-order chi connectivity index (χ0) is 44.5. The van der Waals surface area contributed by atoms with Crippen LogP contribution in [-0.2, 0) is 14.4 Å². The average Bonchev–Trinajstić information content (AvgIpc) is 3.37. The normalized spacial score (nSPS) is 45.6. The molecule has 0 heterocycles. The Morgan fingerprint density at radius 3 is 2.42 bits per heavy atom. The minimum atomic E-state index is -1.77. The Balaban J connectivity index is 1.32. The van der Waals surface area contributed by atoms with Gasteiger partial charge in [-0.05, 0) is 92.2 Å². The van der Waals surface area contributed by atoms with Crippen molar-refractivity contribution < 1.29 is 34.8 Å². The molecule has 13 atom stereocenters. The number of fused-ring (bicyclic) bond motifs is 3. The first-order valence-corrected chi connectivity index (χ1v) is 22.5. The monoisotopic (exact) mass is 842 g/mol. The number of carboxylic acids is 1. The molecule has 4 bridgehead atoms. The molecule has 3 saturated carbocycles. The summed E-state index contributed by atoms with van der Waals surface area (Å²) in [5, 5.41) is 54.1. The molecule has 0 aromatic heterocycles. The molecule has 11 nitrogen and oxygen atoms in total. The van der Waals surface area contributed by atoms with E-state index in [1.807, 2.05) is 62.4 Å². The summed E-state index contributed by atoms with van der Waals surface area (Å²) >= 11 is 0. The minimum Gasteiger partial charge on any atom is -0.478 e. The molecular formula is C51H62N4O7. The van der Waals surface area contributed by atoms with Gasteiger partial charge in [-0.1, -0.05) is 88.4 Å². The second-order valence-electron chi connectivity index (χ2n) is 20.7. The fraction of sp³-hybridized carbons (Fsp3) is 0.569. The predicted octanol–water partition coefficient (Wildman–Crippen LogP) is 5.17. The first kappa shape index (κ1) is 42.7. The molecule has 0 saturated heterocycles. The number of carboxylic acid groups (broad SMARTS) is 1. The van der Waals surface area contributed by atoms with Crippen molar-refractivity contribution in [2.45, 2.75) is 115 Å². The molecule has 1 aromatic rings. The summed E-state index contributed by atoms with van der Waals surface area (Å²) in [6.07, 6.45) is 13.0. The second-order valence-corrected chi connectivity index (χ2v) is 20.7. The molecule has 62 heavy (non-hydrogen) atoms. The van der Waals surface area contributed by atoms with E-state index in [9.17, 15) is 30.0 Å². The Hall–Kier alpha value is -4.60. The van der Waals surface area contributed by atoms with E-state index >= 15 is 4.79 Å². The van der Waals surface area contributed by atoms with Crippen molar-refractivity contribution in [2.75, 3.05) is 13.6 Å². The molecule has 2 spiro atoms. The molecule has 0 aliphatic heterocycles. The van der Waals surface area contributed by atoms with E-state index in [1.54, 1.807) is 19.2 Å². The molecule has 9 N–H and O–H groups in total. The molecular weight excluding hydrogens is 781 g/mol. The zero-order valence-electron chi connectivity index (χ0n) is 36.6. The number of nitrogens with one attached hydrogen (secondary N) is 1. The lowest BCUT2D eigenvalue weighted by Gasteiger charge is -2.70. The van der Waals surface area contributed by atoms with Gasteiger partial charge in [0, 0.05) is 70.3 Å². The van der Waals surface area contributed by atoms with Gasteiger partial charge in [-0.2, -0.15) is 0 Å². The highest BCUT2D eigenvalue weighted by molar-refractivity contribution is 6.02. The lowest BCUT2D eigenvalue weighted by molar-refractivity contribution is -0.169. The van der Waals surface area contributed by atoms with Gasteiger partial charge in [0.05, 0.1) is 17.2 Å². The van der Waals surface area contributed by atoms with Crippen molar-refractivity contribution in [3.05, 3.63) is 88.6 Å². The van der Waals surface area contributed by atoms with E-state index in [1.165, 1.54) is 0 Å². The van der Waals surface area contributed by atoms with Gasteiger partial charge in [-0.25, -0.2) is 9.79 Å². The van der Waals surface area contributed by atoms with Gasteiger partial charge in [0.2, 0.25) is 0 Å². The number of Topliss-reactive ketones (excluding diaryl/α,β-unsaturated/α-hetero) is 2. The number of aliphatic hydroxyl groups is 3. The van der Waals surface area contributed by atoms with Crippen molar-refractivity contribution in [1.29, 1.82) is 0 Å². The maximum atomic E-state index is 15.8. The first-order chi connectivity index (χ1) is 29.3. The Morgan fingerprint density at radius 2 is 1.73 bits per heavy atom. The summed E-state index contributed by atoms with van der Waals surface area (Å²) in [6.45, 7) is 8.62. The van der Waals surface area contributed by atoms with Gasteiger partial charge in [-0.3, -0.25) is 9.59 Å². The van der Waals surface area contributed by atoms with Crippen molar-refractivity contribution in [2.24, 2.45) is 67.2 Å². The smallest absolute Gasteiger partial charge is 0.331 e. The Labute approximate surface area is 364 Å². The SMILES string of the molecule is CNCC/C(C(=O)O)=C1/CC[C@]2(N=C(N)N)C=C[C@@]3(C[C@@]4(O)C=C[C@]5(O)C6=C7C(=O)C[C@@]3(C)[C@]64CCC#CC[C@]3(C)C(=O)CC[C@@]7(C)[C@@H]3[C@H]5/C=C/c3ccccc3)[C@H](C)[C@@H]2[C@@H]1O. The highest BCUT2D eigenvalue weighted by Gasteiger charge is 2.84. The number of hydrogen-bond donors (Lipinski definition) is 7. The highest BCUT2D eigenvalue weighted by atomic mass is 16.4. The number of ketones is 2. The number of nitrogens with two attached hydrogens (primary N) is 2. The molecule has 11 heteroatoms. The van der Waals surface area contributed by atoms with Crippen LogP contribution >= 0.6 is 0 Å². The van der Waals surface area contributed by atoms with Crippen LogP contribution in [0.25, 0.3) is 6.08 Å². The van der Waals surface area contributed by atoms with Crippen LogP contribution in [0.5, 0.6) is 0 Å². The number of carbonyl (C=O) groups excluding carboxylic acids is 2. The van der Waals surface area contributed by atoms with Gasteiger partial charge in [0.1, 0.15) is 11.4 Å². The number of nitrogens with zero attached hydrogens (tertiary/aromatic N) is 1. The molecule has 328 valence electrons. The summed E-state index contributed by atoms with van der Waals surface area (Å²) in [5.74, 6) is 3.16. The third-order valence-corrected chi connectivity index (χ3v) is 18.3. The number of rotatable bonds is 7. The van der Waals surface area contributed by atoms with Crippen LogP contribution in [0, 0.1) is 62.6 Å². The van der Waals surface area contributed by atoms with Gasteiger partial charge >= 0.3 is 5.97 Å². The maximum Gasteiger partial charge on any atom is 0.331 e. The van der Waals surface area contributed by atoms with Crippen LogP contribution in [0.4, 0.5) is 0 Å². The molecule has 0 radical (unpaired) electrons. The zero-order valence-corrected chi connectivity index (χ0v) is 36.6. The summed E-state index contributed by atoms with van der Waals surface area (Å²) in [6, 6.07) is 9.86. The van der Waals surface area contributed by atoms with Crippen LogP contribution < -0.4 is 16.8 Å². The molecule has 0 unspecified atom stereocenters. The standard InChI is InChI=1S/C51H62N4O7/c1-30-37-39(58)32(33(42(59)60)18-27-54-5)16-22-48(37,55-43(52)53)24-23-47(30)29-49(61)25-26-50(62)34(15-14-31-12-8-6-9-13-31)40-44(2)19-10-7-11-20-51(49)41(50)38(35(56)28-46(47,51)4)45(40,3)21-17-36(44)57/h6,8-9,12-15,23-26,30,34,37,39-40,54,58,61-62H,11,16-22,27-29H2,1-5H3,(H,59,60)(H4,52,53,55)/b15-14+,33-32+/t30-,34-,37-,39-,40-,44-,45-,46-,47-,48+,49+,50-,51+/m1/s1. The Kier molecular flexibility index (Phi) is 9.60. The van der Waals surface area contributed by atoms with Crippen LogP contribution in [0.3, 0.4) is 0 Å². The first-order valence-electron chi connectivity index (χ1n) is 22.5. The summed E-state index contributed by atoms with van der Waals surface area (Å²) < 4.78 is 0. The molecule has 3 fully saturated rings. The van der Waals surface area contributed by atoms with Crippen molar-refractivity contribution in [1.82, 2.24) is 5.32 Å². The second kappa shape index (κ2) is 13.9. The number of guanidine groups is 1. The van der Waals surface area contributed by atoms with E-state index < -0.39 is 79.6 Å². The van der Waals surface area contributed by atoms with Gasteiger partial charge in [0.15, 0.2) is 11.7 Å². The quantitative estimate of drug-likeness (QED) is 0.0630. The number of allylic oxidation sites excluding steroid dienone is 2. The number of carbonyl (C=O) groups is 3. The Morgan fingerprint density at radius 1 is 0.984 bits per heavy atom. The summed E-state index contributed by atoms with van der Waals surface area (Å²) in [4.78, 5) is 47.8. The van der Waals surface area contributed by atoms with Crippen LogP contribution in [0.15, 0.2) is 88.0 Å². The number of aliphatic carboxylic acids is 1. The number of aliphatic hydroxyl groups excluding tert-OH is 1. The van der Waals surface area contributed by atoms with Gasteiger partial charge in [-0.15, -0.1) is 11.8 Å². The molecule has 0 amide bonds. The minimum absolute atomic E-state index is 0.0427. The number of hydrogen-bond acceptors (Lipinski definition) is 8. The predicted molar refractivity (Wildman–Crippen MR) is 237 cm³/mol. The van der Waals surface area contributed by atoms with Gasteiger partial charge in [0.25, 0.3) is 0 Å². The largest absolute Gasteiger partial charge is 0.478 e. The highest BCUT2D eigenvalue weighted by Crippen LogP contribution is 2.84. The number of benzene rings is 1. The fourth-order valence-electron chi connectivity index (χ4n) is 15.8. The van der Waals surface area contributed by atoms with Gasteiger partial charge < -0.3 is 37.2 Å². The van der Waals surface area contributed by atoms with Crippen molar-refractivity contribution in [3.8, 4) is 11.8 Å². The van der Waals surface area contributed by atoms with E-state index in [-0.39, 0.29) is 61.6 Å². The van der Waals surface area contributed by atoms with E-state index in [0.29, 0.717) is 48.9 Å². The molecule has 1 aromatic carbocycles. The molecule has 8 aliphatic carbocycles. The van der Waals surface area contributed by atoms with E-state index in [0.717, 1.165) is 5.56 Å². The van der Waals surface area contributed by atoms with E-state index in [2.05, 4.69) is 37.1 Å². The summed E-state index contributed by atoms with van der Waals surface area (Å²) in [7, 11) is 1.75. The van der Waals surface area contributed by atoms with Crippen LogP contribution in [0.1, 0.15) is 97.5 Å². The maximum absolute atomic E-state index is 15.8. The van der Waals surface area contributed by atoms with E-state index in [4.69, 9.17) is 16.5 Å². The molecule has 9 rings (SSSR count). The third-order valence-electron chi connectivity index (χ3n) is 18.3. The van der Waals surface area contributed by atoms with Crippen molar-refractivity contribution in [3.63, 3.8) is 0 Å². The lowest BCUT2D eigenvalue weighted by atomic mass is 9.34.